The van der Waals surface area contributed by atoms with E-state index in [-0.39, 0.29) is 18.1 Å². The van der Waals surface area contributed by atoms with E-state index in [1.165, 1.54) is 0 Å². The molecule has 1 aromatic rings. The molecule has 5 heteroatoms. The number of hydrogen-bond acceptors (Lipinski definition) is 5. The fourth-order valence-electron chi connectivity index (χ4n) is 2.46. The minimum absolute atomic E-state index is 0.0203. The maximum Gasteiger partial charge on any atom is 0.328 e. The average molecular weight is 292 g/mol. The molecule has 2 N–H and O–H groups in total. The number of anilines is 1. The number of carbonyl (C=O) groups is 1. The highest BCUT2D eigenvalue weighted by atomic mass is 16.5. The normalized spacial score (nSPS) is 18.7. The van der Waals surface area contributed by atoms with Crippen LogP contribution >= 0.6 is 0 Å². The van der Waals surface area contributed by atoms with E-state index < -0.39 is 0 Å². The highest BCUT2D eigenvalue weighted by Gasteiger charge is 2.30. The van der Waals surface area contributed by atoms with Crippen LogP contribution in [0.3, 0.4) is 0 Å². The van der Waals surface area contributed by atoms with Crippen LogP contribution in [-0.2, 0) is 16.1 Å². The Bertz CT molecular complexity index is 504. The van der Waals surface area contributed by atoms with Crippen LogP contribution in [0.15, 0.2) is 18.2 Å². The first-order chi connectivity index (χ1) is 10.1. The quantitative estimate of drug-likeness (QED) is 0.842. The van der Waals surface area contributed by atoms with Gasteiger partial charge in [-0.2, -0.15) is 0 Å². The van der Waals surface area contributed by atoms with E-state index in [1.54, 1.807) is 0 Å². The third kappa shape index (κ3) is 3.47. The molecular formula is C16H24N2O3. The van der Waals surface area contributed by atoms with E-state index in [9.17, 15) is 4.79 Å². The van der Waals surface area contributed by atoms with Crippen molar-refractivity contribution in [3.05, 3.63) is 23.8 Å². The maximum absolute atomic E-state index is 12.1. The van der Waals surface area contributed by atoms with E-state index in [0.29, 0.717) is 19.7 Å². The lowest BCUT2D eigenvalue weighted by molar-refractivity contribution is -0.144. The summed E-state index contributed by atoms with van der Waals surface area (Å²) in [7, 11) is 0. The minimum atomic E-state index is -0.328. The molecule has 2 atom stereocenters. The van der Waals surface area contributed by atoms with E-state index in [2.05, 4.69) is 0 Å². The number of nitrogens with zero attached hydrogens (tertiary/aromatic N) is 1. The number of fused-ring (bicyclic) bond motifs is 1. The third-order valence-corrected chi connectivity index (χ3v) is 3.61. The van der Waals surface area contributed by atoms with Crippen molar-refractivity contribution in [2.24, 2.45) is 5.73 Å². The van der Waals surface area contributed by atoms with Crippen LogP contribution in [0.1, 0.15) is 32.8 Å². The van der Waals surface area contributed by atoms with Gasteiger partial charge in [-0.25, -0.2) is 4.79 Å². The predicted octanol–water partition coefficient (Wildman–Crippen LogP) is 2.07. The number of rotatable bonds is 5. The zero-order valence-electron chi connectivity index (χ0n) is 13.0. The van der Waals surface area contributed by atoms with Gasteiger partial charge in [0.15, 0.2) is 0 Å². The Morgan fingerprint density at radius 2 is 2.33 bits per heavy atom. The van der Waals surface area contributed by atoms with Crippen molar-refractivity contribution in [2.75, 3.05) is 18.1 Å². The summed E-state index contributed by atoms with van der Waals surface area (Å²) in [6, 6.07) is 5.55. The number of ether oxygens (including phenoxy) is 2. The van der Waals surface area contributed by atoms with Crippen LogP contribution in [0.25, 0.3) is 0 Å². The monoisotopic (exact) mass is 292 g/mol. The number of esters is 1. The van der Waals surface area contributed by atoms with Gasteiger partial charge in [0.1, 0.15) is 17.9 Å². The molecule has 0 saturated heterocycles. The van der Waals surface area contributed by atoms with Crippen molar-refractivity contribution in [1.29, 1.82) is 0 Å². The van der Waals surface area contributed by atoms with Crippen molar-refractivity contribution in [2.45, 2.75) is 45.9 Å². The summed E-state index contributed by atoms with van der Waals surface area (Å²) in [6.45, 7) is 7.45. The molecule has 0 spiro atoms. The first kappa shape index (κ1) is 15.6. The molecule has 1 aliphatic heterocycles. The number of nitrogens with two attached hydrogens (primary N) is 1. The van der Waals surface area contributed by atoms with Crippen LogP contribution in [-0.4, -0.2) is 31.3 Å². The van der Waals surface area contributed by atoms with Gasteiger partial charge in [0.25, 0.3) is 0 Å². The molecule has 1 aromatic carbocycles. The number of benzene rings is 1. The molecule has 1 heterocycles. The molecule has 0 aromatic heterocycles. The van der Waals surface area contributed by atoms with E-state index >= 15 is 0 Å². The number of carbonyl (C=O) groups excluding carboxylic acids is 1. The van der Waals surface area contributed by atoms with Crippen molar-refractivity contribution < 1.29 is 14.3 Å². The molecule has 0 fully saturated rings. The second kappa shape index (κ2) is 6.80. The maximum atomic E-state index is 12.1. The summed E-state index contributed by atoms with van der Waals surface area (Å²) < 4.78 is 11.1. The molecule has 0 aliphatic carbocycles. The van der Waals surface area contributed by atoms with E-state index in [0.717, 1.165) is 23.4 Å². The van der Waals surface area contributed by atoms with E-state index in [1.807, 2.05) is 43.9 Å². The molecule has 5 nitrogen and oxygen atoms in total. The average Bonchev–Trinajstić information content (AvgIpc) is 2.50. The molecule has 2 unspecified atom stereocenters. The topological polar surface area (TPSA) is 64.8 Å². The van der Waals surface area contributed by atoms with Gasteiger partial charge < -0.3 is 20.1 Å². The Kier molecular flexibility index (Phi) is 5.07. The molecule has 0 saturated carbocycles. The molecular weight excluding hydrogens is 268 g/mol. The summed E-state index contributed by atoms with van der Waals surface area (Å²) in [4.78, 5) is 14.2. The molecule has 1 aliphatic rings. The molecule has 116 valence electrons. The lowest BCUT2D eigenvalue weighted by atomic mass is 10.1. The van der Waals surface area contributed by atoms with Crippen molar-refractivity contribution in [3.8, 4) is 5.75 Å². The fourth-order valence-corrected chi connectivity index (χ4v) is 2.46. The van der Waals surface area contributed by atoms with Gasteiger partial charge in [0.2, 0.25) is 0 Å². The van der Waals surface area contributed by atoms with E-state index in [4.69, 9.17) is 15.2 Å². The van der Waals surface area contributed by atoms with Crippen molar-refractivity contribution in [3.63, 3.8) is 0 Å². The fraction of sp³-hybridized carbons (Fsp3) is 0.562. The summed E-state index contributed by atoms with van der Waals surface area (Å²) >= 11 is 0. The van der Waals surface area contributed by atoms with Crippen molar-refractivity contribution >= 4 is 11.7 Å². The van der Waals surface area contributed by atoms with Gasteiger partial charge in [-0.3, -0.25) is 0 Å². The third-order valence-electron chi connectivity index (χ3n) is 3.61. The first-order valence-corrected chi connectivity index (χ1v) is 7.49. The Balaban J connectivity index is 2.23. The van der Waals surface area contributed by atoms with Crippen LogP contribution in [0.2, 0.25) is 0 Å². The van der Waals surface area contributed by atoms with Crippen LogP contribution in [0.5, 0.6) is 5.75 Å². The smallest absolute Gasteiger partial charge is 0.328 e. The molecule has 21 heavy (non-hydrogen) atoms. The summed E-state index contributed by atoms with van der Waals surface area (Å²) in [5, 5.41) is 0. The Labute approximate surface area is 126 Å². The zero-order chi connectivity index (χ0) is 15.4. The standard InChI is InChI=1S/C16H24N2O3/c1-4-7-20-16(19)12(3)18-10-11(2)21-15-8-13(9-17)5-6-14(15)18/h5-6,8,11-12H,4,7,9-10,17H2,1-3H3. The van der Waals surface area contributed by atoms with Crippen LogP contribution in [0.4, 0.5) is 5.69 Å². The Hall–Kier alpha value is -1.75. The van der Waals surface area contributed by atoms with Gasteiger partial charge >= 0.3 is 5.97 Å². The lowest BCUT2D eigenvalue weighted by Crippen LogP contribution is -2.47. The van der Waals surface area contributed by atoms with Gasteiger partial charge in [-0.1, -0.05) is 13.0 Å². The number of hydrogen-bond donors (Lipinski definition) is 1. The van der Waals surface area contributed by atoms with Gasteiger partial charge in [0, 0.05) is 6.54 Å². The second-order valence-corrected chi connectivity index (χ2v) is 5.43. The SMILES string of the molecule is CCCOC(=O)C(C)N1CC(C)Oc2cc(CN)ccc21. The Morgan fingerprint density at radius 3 is 3.00 bits per heavy atom. The van der Waals surface area contributed by atoms with Gasteiger partial charge in [0.05, 0.1) is 18.8 Å². The molecule has 0 radical (unpaired) electrons. The van der Waals surface area contributed by atoms with Gasteiger partial charge in [-0.05, 0) is 38.0 Å². The molecule has 2 rings (SSSR count). The highest BCUT2D eigenvalue weighted by Crippen LogP contribution is 2.35. The molecule has 0 bridgehead atoms. The van der Waals surface area contributed by atoms with Crippen LogP contribution in [0, 0.1) is 0 Å². The molecule has 0 amide bonds. The summed E-state index contributed by atoms with van der Waals surface area (Å²) in [5.74, 6) is 0.589. The predicted molar refractivity (Wildman–Crippen MR) is 82.5 cm³/mol. The second-order valence-electron chi connectivity index (χ2n) is 5.43. The zero-order valence-corrected chi connectivity index (χ0v) is 13.0. The van der Waals surface area contributed by atoms with Gasteiger partial charge in [-0.15, -0.1) is 0 Å². The Morgan fingerprint density at radius 1 is 1.57 bits per heavy atom. The van der Waals surface area contributed by atoms with Crippen molar-refractivity contribution in [1.82, 2.24) is 0 Å². The largest absolute Gasteiger partial charge is 0.487 e. The van der Waals surface area contributed by atoms with Crippen LogP contribution < -0.4 is 15.4 Å². The summed E-state index contributed by atoms with van der Waals surface area (Å²) in [6.07, 6.45) is 0.848. The summed E-state index contributed by atoms with van der Waals surface area (Å²) in [5.41, 5.74) is 7.61. The first-order valence-electron chi connectivity index (χ1n) is 7.49. The highest BCUT2D eigenvalue weighted by molar-refractivity contribution is 5.81. The minimum Gasteiger partial charge on any atom is -0.487 e. The lowest BCUT2D eigenvalue weighted by Gasteiger charge is -2.38.